The van der Waals surface area contributed by atoms with Crippen LogP contribution in [0.3, 0.4) is 0 Å². The van der Waals surface area contributed by atoms with E-state index in [1.54, 1.807) is 0 Å². The van der Waals surface area contributed by atoms with Gasteiger partial charge in [-0.15, -0.1) is 0 Å². The van der Waals surface area contributed by atoms with Crippen molar-refractivity contribution < 1.29 is 40.0 Å². The van der Waals surface area contributed by atoms with Gasteiger partial charge >= 0.3 is 21.6 Å². The third-order valence-corrected chi connectivity index (χ3v) is 6.21. The number of methoxy groups -OCH3 is 2. The third kappa shape index (κ3) is 6.21. The Bertz CT molecular complexity index is 776. The fourth-order valence-electron chi connectivity index (χ4n) is 3.61. The number of allylic oxidation sites excluding steroid dienone is 2. The number of halogens is 3. The molecule has 1 aliphatic carbocycles. The Morgan fingerprint density at radius 3 is 2.43 bits per heavy atom. The van der Waals surface area contributed by atoms with E-state index in [9.17, 15) is 26.4 Å². The molecule has 172 valence electrons. The lowest BCUT2D eigenvalue weighted by atomic mass is 9.91. The molecule has 11 heteroatoms. The van der Waals surface area contributed by atoms with Gasteiger partial charge in [-0.3, -0.25) is 4.18 Å². The van der Waals surface area contributed by atoms with E-state index in [4.69, 9.17) is 9.47 Å². The highest BCUT2D eigenvalue weighted by atomic mass is 32.2. The van der Waals surface area contributed by atoms with Crippen LogP contribution in [0, 0.1) is 0 Å². The Balaban J connectivity index is 2.61. The minimum Gasteiger partial charge on any atom is -0.466 e. The normalized spacial score (nSPS) is 24.6. The fraction of sp³-hybridized carbons (Fsp3) is 0.737. The predicted molar refractivity (Wildman–Crippen MR) is 102 cm³/mol. The molecule has 2 unspecified atom stereocenters. The average molecular weight is 455 g/mol. The molecule has 7 nitrogen and oxygen atoms in total. The maximum atomic E-state index is 13.0. The number of carbonyl (C=O) groups is 1. The van der Waals surface area contributed by atoms with Crippen LogP contribution in [-0.4, -0.2) is 46.4 Å². The molecule has 30 heavy (non-hydrogen) atoms. The van der Waals surface area contributed by atoms with Gasteiger partial charge in [-0.05, 0) is 50.5 Å². The summed E-state index contributed by atoms with van der Waals surface area (Å²) in [6, 6.07) is 0. The first-order valence-corrected chi connectivity index (χ1v) is 11.3. The minimum absolute atomic E-state index is 0.113. The number of rotatable bonds is 5. The molecule has 0 aromatic rings. The molecule has 1 heterocycles. The molecule has 1 aliphatic heterocycles. The molecular formula is C19H28F3NO6S. The van der Waals surface area contributed by atoms with Crippen molar-refractivity contribution in [2.24, 2.45) is 0 Å². The van der Waals surface area contributed by atoms with Crippen LogP contribution in [0.15, 0.2) is 22.9 Å². The first kappa shape index (κ1) is 24.7. The Morgan fingerprint density at radius 1 is 1.10 bits per heavy atom. The van der Waals surface area contributed by atoms with Crippen molar-refractivity contribution in [3.05, 3.63) is 22.9 Å². The molecule has 1 N–H and O–H groups in total. The van der Waals surface area contributed by atoms with Gasteiger partial charge in [-0.1, -0.05) is 18.9 Å². The number of hydrogen-bond acceptors (Lipinski definition) is 7. The second-order valence-electron chi connectivity index (χ2n) is 7.25. The topological polar surface area (TPSA) is 90.9 Å². The first-order valence-electron chi connectivity index (χ1n) is 9.91. The third-order valence-electron chi connectivity index (χ3n) is 5.16. The lowest BCUT2D eigenvalue weighted by Crippen LogP contribution is -2.40. The molecule has 0 fully saturated rings. The summed E-state index contributed by atoms with van der Waals surface area (Å²) in [5.41, 5.74) is -4.91. The van der Waals surface area contributed by atoms with E-state index in [0.29, 0.717) is 12.8 Å². The summed E-state index contributed by atoms with van der Waals surface area (Å²) in [7, 11) is -3.35. The van der Waals surface area contributed by atoms with Gasteiger partial charge in [0.25, 0.3) is 0 Å². The van der Waals surface area contributed by atoms with Gasteiger partial charge in [-0.2, -0.15) is 21.6 Å². The smallest absolute Gasteiger partial charge is 0.466 e. The van der Waals surface area contributed by atoms with Crippen molar-refractivity contribution in [3.63, 3.8) is 0 Å². The fourth-order valence-corrected chi connectivity index (χ4v) is 4.22. The van der Waals surface area contributed by atoms with E-state index in [1.165, 1.54) is 7.11 Å². The van der Waals surface area contributed by atoms with E-state index in [1.807, 2.05) is 6.08 Å². The van der Waals surface area contributed by atoms with E-state index in [0.717, 1.165) is 44.8 Å². The molecular weight excluding hydrogens is 427 g/mol. The van der Waals surface area contributed by atoms with Crippen molar-refractivity contribution in [2.45, 2.75) is 75.6 Å². The average Bonchev–Trinajstić information content (AvgIpc) is 2.62. The monoisotopic (exact) mass is 455 g/mol. The Labute approximate surface area is 174 Å². The Morgan fingerprint density at radius 2 is 1.80 bits per heavy atom. The molecule has 0 spiro atoms. The summed E-state index contributed by atoms with van der Waals surface area (Å²) in [6.07, 6.45) is 5.50. The molecule has 0 radical (unpaired) electrons. The number of esters is 1. The number of nitrogens with one attached hydrogen (secondary N) is 1. The summed E-state index contributed by atoms with van der Waals surface area (Å²) >= 11 is 0. The van der Waals surface area contributed by atoms with Gasteiger partial charge in [0.1, 0.15) is 12.3 Å². The SMILES string of the molecule is COC(=O)C1=C(C2=CCCCCCC2)NC(OC)CCCC1OS(=O)(=O)C(F)(F)F. The van der Waals surface area contributed by atoms with Gasteiger partial charge < -0.3 is 14.8 Å². The van der Waals surface area contributed by atoms with Crippen LogP contribution in [0.2, 0.25) is 0 Å². The lowest BCUT2D eigenvalue weighted by Gasteiger charge is -2.31. The van der Waals surface area contributed by atoms with E-state index in [2.05, 4.69) is 9.50 Å². The number of ether oxygens (including phenoxy) is 2. The number of alkyl halides is 3. The van der Waals surface area contributed by atoms with E-state index >= 15 is 0 Å². The summed E-state index contributed by atoms with van der Waals surface area (Å²) in [6.45, 7) is 0. The Kier molecular flexibility index (Phi) is 8.74. The van der Waals surface area contributed by atoms with Crippen LogP contribution < -0.4 is 5.32 Å². The van der Waals surface area contributed by atoms with Gasteiger partial charge in [0, 0.05) is 7.11 Å². The zero-order valence-corrected chi connectivity index (χ0v) is 17.9. The maximum Gasteiger partial charge on any atom is 0.523 e. The molecule has 0 saturated heterocycles. The standard InChI is InChI=1S/C19H28F3NO6S/c1-27-15-12-8-11-14(29-30(25,26)19(20,21)22)16(18(24)28-2)17(23-15)13-9-6-4-3-5-7-10-13/h9,14-15,23H,3-8,10-12H2,1-2H3. The molecule has 2 rings (SSSR count). The highest BCUT2D eigenvalue weighted by molar-refractivity contribution is 7.87. The first-order chi connectivity index (χ1) is 14.1. The van der Waals surface area contributed by atoms with Crippen LogP contribution in [0.25, 0.3) is 0 Å². The van der Waals surface area contributed by atoms with Crippen LogP contribution in [0.4, 0.5) is 13.2 Å². The minimum atomic E-state index is -5.91. The summed E-state index contributed by atoms with van der Waals surface area (Å²) in [4.78, 5) is 12.6. The van der Waals surface area contributed by atoms with Gasteiger partial charge in [0.15, 0.2) is 0 Å². The second kappa shape index (κ2) is 10.6. The van der Waals surface area contributed by atoms with E-state index in [-0.39, 0.29) is 24.1 Å². The van der Waals surface area contributed by atoms with Gasteiger partial charge in [0.05, 0.1) is 18.4 Å². The highest BCUT2D eigenvalue weighted by Crippen LogP contribution is 2.34. The van der Waals surface area contributed by atoms with Crippen molar-refractivity contribution in [1.29, 1.82) is 0 Å². The van der Waals surface area contributed by atoms with Crippen LogP contribution in [0.1, 0.15) is 57.8 Å². The zero-order valence-electron chi connectivity index (χ0n) is 17.1. The predicted octanol–water partition coefficient (Wildman–Crippen LogP) is 3.67. The summed E-state index contributed by atoms with van der Waals surface area (Å²) in [5, 5.41) is 3.08. The van der Waals surface area contributed by atoms with Gasteiger partial charge in [-0.25, -0.2) is 4.79 Å². The zero-order chi connectivity index (χ0) is 22.4. The highest BCUT2D eigenvalue weighted by Gasteiger charge is 2.50. The molecule has 0 amide bonds. The quantitative estimate of drug-likeness (QED) is 0.384. The number of hydrogen-bond donors (Lipinski definition) is 1. The summed E-state index contributed by atoms with van der Waals surface area (Å²) in [5.74, 6) is -0.945. The molecule has 0 aromatic heterocycles. The Hall–Kier alpha value is -1.59. The van der Waals surface area contributed by atoms with Crippen LogP contribution in [0.5, 0.6) is 0 Å². The molecule has 0 saturated carbocycles. The molecule has 0 aromatic carbocycles. The number of carbonyl (C=O) groups excluding carboxylic acids is 1. The van der Waals surface area contributed by atoms with Gasteiger partial charge in [0.2, 0.25) is 0 Å². The van der Waals surface area contributed by atoms with Crippen molar-refractivity contribution >= 4 is 16.1 Å². The second-order valence-corrected chi connectivity index (χ2v) is 8.81. The van der Waals surface area contributed by atoms with E-state index < -0.39 is 33.9 Å². The van der Waals surface area contributed by atoms with Crippen LogP contribution >= 0.6 is 0 Å². The maximum absolute atomic E-state index is 13.0. The van der Waals surface area contributed by atoms with Crippen LogP contribution in [-0.2, 0) is 28.6 Å². The van der Waals surface area contributed by atoms with Crippen molar-refractivity contribution in [1.82, 2.24) is 5.32 Å². The molecule has 0 bridgehead atoms. The largest absolute Gasteiger partial charge is 0.523 e. The lowest BCUT2D eigenvalue weighted by molar-refractivity contribution is -0.137. The molecule has 2 aliphatic rings. The summed E-state index contributed by atoms with van der Waals surface area (Å²) < 4.78 is 77.0. The van der Waals surface area contributed by atoms with Crippen molar-refractivity contribution in [3.8, 4) is 0 Å². The van der Waals surface area contributed by atoms with Crippen molar-refractivity contribution in [2.75, 3.05) is 14.2 Å². The molecule has 2 atom stereocenters.